The molecule has 1 fully saturated rings. The van der Waals surface area contributed by atoms with E-state index in [2.05, 4.69) is 10.2 Å². The van der Waals surface area contributed by atoms with Crippen LogP contribution in [0.15, 0.2) is 18.2 Å². The molecule has 0 bridgehead atoms. The number of ether oxygens (including phenoxy) is 1. The second kappa shape index (κ2) is 7.08. The first-order valence-corrected chi connectivity index (χ1v) is 6.70. The highest BCUT2D eigenvalue weighted by Gasteiger charge is 2.18. The van der Waals surface area contributed by atoms with Crippen molar-refractivity contribution in [2.24, 2.45) is 0 Å². The molecule has 20 heavy (non-hydrogen) atoms. The third-order valence-corrected chi connectivity index (χ3v) is 3.38. The molecule has 4 nitrogen and oxygen atoms in total. The second-order valence-corrected chi connectivity index (χ2v) is 5.10. The lowest BCUT2D eigenvalue weighted by molar-refractivity contribution is -0.0191. The minimum atomic E-state index is -0.946. The summed E-state index contributed by atoms with van der Waals surface area (Å²) in [5.74, 6) is -1.86. The molecule has 6 heteroatoms. The minimum absolute atomic E-state index is 0.0888. The summed E-state index contributed by atoms with van der Waals surface area (Å²) in [6, 6.07) is 3.43. The number of aliphatic hydroxyl groups excluding tert-OH is 1. The van der Waals surface area contributed by atoms with E-state index in [9.17, 15) is 13.9 Å². The molecule has 2 unspecified atom stereocenters. The van der Waals surface area contributed by atoms with Crippen LogP contribution in [0, 0.1) is 11.6 Å². The first-order valence-electron chi connectivity index (χ1n) is 6.70. The fraction of sp³-hybridized carbons (Fsp3) is 0.571. The number of rotatable bonds is 5. The number of morpholine rings is 1. The van der Waals surface area contributed by atoms with Crippen molar-refractivity contribution < 1.29 is 18.6 Å². The molecule has 1 saturated heterocycles. The van der Waals surface area contributed by atoms with E-state index < -0.39 is 17.7 Å². The zero-order valence-corrected chi connectivity index (χ0v) is 11.5. The molecule has 1 aliphatic heterocycles. The van der Waals surface area contributed by atoms with Gasteiger partial charge in [0, 0.05) is 26.2 Å². The molecule has 0 aliphatic carbocycles. The van der Waals surface area contributed by atoms with Crippen molar-refractivity contribution in [3.05, 3.63) is 35.4 Å². The van der Waals surface area contributed by atoms with E-state index in [1.165, 1.54) is 6.07 Å². The number of aliphatic hydroxyl groups is 1. The smallest absolute Gasteiger partial charge is 0.159 e. The average Bonchev–Trinajstić information content (AvgIpc) is 2.42. The predicted molar refractivity (Wildman–Crippen MR) is 71.4 cm³/mol. The summed E-state index contributed by atoms with van der Waals surface area (Å²) in [7, 11) is 2.03. The van der Waals surface area contributed by atoms with Crippen molar-refractivity contribution in [2.75, 3.05) is 39.8 Å². The molecule has 2 atom stereocenters. The molecule has 0 spiro atoms. The van der Waals surface area contributed by atoms with Gasteiger partial charge in [0.1, 0.15) is 0 Å². The topological polar surface area (TPSA) is 44.7 Å². The Bertz CT molecular complexity index is 445. The molecule has 0 radical (unpaired) electrons. The molecule has 0 aromatic heterocycles. The van der Waals surface area contributed by atoms with Gasteiger partial charge < -0.3 is 20.1 Å². The summed E-state index contributed by atoms with van der Waals surface area (Å²) >= 11 is 0. The standard InChI is InChI=1S/C14H20F2N2O2/c1-18-4-5-20-11(9-18)7-17-8-14(19)10-2-3-12(15)13(16)6-10/h2-3,6,11,14,17,19H,4-5,7-9H2,1H3. The summed E-state index contributed by atoms with van der Waals surface area (Å²) in [6.07, 6.45) is -0.780. The summed E-state index contributed by atoms with van der Waals surface area (Å²) in [5, 5.41) is 13.0. The second-order valence-electron chi connectivity index (χ2n) is 5.10. The Kier molecular flexibility index (Phi) is 5.42. The van der Waals surface area contributed by atoms with Gasteiger partial charge in [-0.3, -0.25) is 0 Å². The quantitative estimate of drug-likeness (QED) is 0.845. The van der Waals surface area contributed by atoms with Gasteiger partial charge in [0.15, 0.2) is 11.6 Å². The number of benzene rings is 1. The van der Waals surface area contributed by atoms with Gasteiger partial charge in [-0.15, -0.1) is 0 Å². The Hall–Kier alpha value is -1.08. The van der Waals surface area contributed by atoms with E-state index in [-0.39, 0.29) is 12.6 Å². The van der Waals surface area contributed by atoms with Crippen molar-refractivity contribution in [1.82, 2.24) is 10.2 Å². The molecular weight excluding hydrogens is 266 g/mol. The zero-order valence-electron chi connectivity index (χ0n) is 11.5. The van der Waals surface area contributed by atoms with Crippen LogP contribution in [0.3, 0.4) is 0 Å². The summed E-state index contributed by atoms with van der Waals surface area (Å²) in [5.41, 5.74) is 0.359. The normalized spacial score (nSPS) is 21.9. The van der Waals surface area contributed by atoms with Gasteiger partial charge >= 0.3 is 0 Å². The molecule has 1 aromatic rings. The number of nitrogens with one attached hydrogen (secondary N) is 1. The lowest BCUT2D eigenvalue weighted by Crippen LogP contribution is -2.45. The third-order valence-electron chi connectivity index (χ3n) is 3.38. The lowest BCUT2D eigenvalue weighted by atomic mass is 10.1. The van der Waals surface area contributed by atoms with E-state index in [1.54, 1.807) is 0 Å². The molecule has 0 amide bonds. The van der Waals surface area contributed by atoms with E-state index in [0.29, 0.717) is 18.7 Å². The Morgan fingerprint density at radius 2 is 2.25 bits per heavy atom. The van der Waals surface area contributed by atoms with Gasteiger partial charge in [0.25, 0.3) is 0 Å². The van der Waals surface area contributed by atoms with Gasteiger partial charge in [0.05, 0.1) is 18.8 Å². The Balaban J connectivity index is 1.77. The van der Waals surface area contributed by atoms with Gasteiger partial charge in [-0.25, -0.2) is 8.78 Å². The van der Waals surface area contributed by atoms with Crippen LogP contribution < -0.4 is 5.32 Å². The highest BCUT2D eigenvalue weighted by atomic mass is 19.2. The molecule has 0 saturated carbocycles. The van der Waals surface area contributed by atoms with Crippen molar-refractivity contribution in [2.45, 2.75) is 12.2 Å². The molecule has 2 N–H and O–H groups in total. The van der Waals surface area contributed by atoms with Gasteiger partial charge in [0.2, 0.25) is 0 Å². The van der Waals surface area contributed by atoms with Crippen LogP contribution in [0.1, 0.15) is 11.7 Å². The molecule has 1 heterocycles. The zero-order chi connectivity index (χ0) is 14.5. The minimum Gasteiger partial charge on any atom is -0.387 e. The highest BCUT2D eigenvalue weighted by Crippen LogP contribution is 2.15. The maximum atomic E-state index is 13.1. The fourth-order valence-corrected chi connectivity index (χ4v) is 2.21. The third kappa shape index (κ3) is 4.21. The van der Waals surface area contributed by atoms with Crippen molar-refractivity contribution in [3.8, 4) is 0 Å². The van der Waals surface area contributed by atoms with E-state index >= 15 is 0 Å². The highest BCUT2D eigenvalue weighted by molar-refractivity contribution is 5.20. The Morgan fingerprint density at radius 1 is 1.45 bits per heavy atom. The average molecular weight is 286 g/mol. The van der Waals surface area contributed by atoms with Crippen molar-refractivity contribution in [1.29, 1.82) is 0 Å². The number of hydrogen-bond donors (Lipinski definition) is 2. The lowest BCUT2D eigenvalue weighted by Gasteiger charge is -2.30. The van der Waals surface area contributed by atoms with Crippen LogP contribution in [0.5, 0.6) is 0 Å². The van der Waals surface area contributed by atoms with E-state index in [1.807, 2.05) is 7.05 Å². The number of nitrogens with zero attached hydrogens (tertiary/aromatic N) is 1. The van der Waals surface area contributed by atoms with Crippen LogP contribution in [0.25, 0.3) is 0 Å². The summed E-state index contributed by atoms with van der Waals surface area (Å²) in [4.78, 5) is 2.18. The molecule has 1 aromatic carbocycles. The van der Waals surface area contributed by atoms with Crippen LogP contribution in [-0.4, -0.2) is 55.9 Å². The van der Waals surface area contributed by atoms with Gasteiger partial charge in [-0.2, -0.15) is 0 Å². The molecule has 2 rings (SSSR count). The van der Waals surface area contributed by atoms with E-state index in [0.717, 1.165) is 25.2 Å². The van der Waals surface area contributed by atoms with Crippen LogP contribution in [0.2, 0.25) is 0 Å². The van der Waals surface area contributed by atoms with Crippen molar-refractivity contribution >= 4 is 0 Å². The number of hydrogen-bond acceptors (Lipinski definition) is 4. The largest absolute Gasteiger partial charge is 0.387 e. The number of halogens is 2. The summed E-state index contributed by atoms with van der Waals surface area (Å²) in [6.45, 7) is 3.36. The first kappa shape index (κ1) is 15.3. The van der Waals surface area contributed by atoms with Gasteiger partial charge in [-0.05, 0) is 24.7 Å². The molecule has 1 aliphatic rings. The monoisotopic (exact) mass is 286 g/mol. The summed E-state index contributed by atoms with van der Waals surface area (Å²) < 4.78 is 31.4. The van der Waals surface area contributed by atoms with Gasteiger partial charge in [-0.1, -0.05) is 6.07 Å². The van der Waals surface area contributed by atoms with Crippen LogP contribution >= 0.6 is 0 Å². The Labute approximate surface area is 117 Å². The maximum absolute atomic E-state index is 13.1. The first-order chi connectivity index (χ1) is 9.56. The van der Waals surface area contributed by atoms with Crippen LogP contribution in [-0.2, 0) is 4.74 Å². The van der Waals surface area contributed by atoms with E-state index in [4.69, 9.17) is 4.74 Å². The predicted octanol–water partition coefficient (Wildman–Crippen LogP) is 0.918. The fourth-order valence-electron chi connectivity index (χ4n) is 2.21. The van der Waals surface area contributed by atoms with Crippen molar-refractivity contribution in [3.63, 3.8) is 0 Å². The van der Waals surface area contributed by atoms with Crippen LogP contribution in [0.4, 0.5) is 8.78 Å². The molecule has 112 valence electrons. The SMILES string of the molecule is CN1CCOC(CNCC(O)c2ccc(F)c(F)c2)C1. The number of likely N-dealkylation sites (N-methyl/N-ethyl adjacent to an activating group) is 1. The molecular formula is C14H20F2N2O2. The Morgan fingerprint density at radius 3 is 2.95 bits per heavy atom. The maximum Gasteiger partial charge on any atom is 0.159 e.